The summed E-state index contributed by atoms with van der Waals surface area (Å²) in [6.45, 7) is 5.54. The van der Waals surface area contributed by atoms with Crippen LogP contribution in [0.5, 0.6) is 5.75 Å². The summed E-state index contributed by atoms with van der Waals surface area (Å²) in [6, 6.07) is 15.8. The molecule has 144 valence electrons. The van der Waals surface area contributed by atoms with Crippen LogP contribution in [0, 0.1) is 6.92 Å². The number of hydrogen-bond acceptors (Lipinski definition) is 7. The highest BCUT2D eigenvalue weighted by atomic mass is 16.5. The Kier molecular flexibility index (Phi) is 5.23. The van der Waals surface area contributed by atoms with Crippen LogP contribution in [-0.2, 0) is 0 Å². The summed E-state index contributed by atoms with van der Waals surface area (Å²) in [5.41, 5.74) is 0.934. The summed E-state index contributed by atoms with van der Waals surface area (Å²) < 4.78 is 5.29. The molecule has 2 aromatic heterocycles. The summed E-state index contributed by atoms with van der Waals surface area (Å²) >= 11 is 0. The quantitative estimate of drug-likeness (QED) is 0.733. The van der Waals surface area contributed by atoms with Crippen molar-refractivity contribution in [2.45, 2.75) is 6.92 Å². The van der Waals surface area contributed by atoms with Crippen molar-refractivity contribution in [2.24, 2.45) is 0 Å². The molecule has 1 aliphatic rings. The highest BCUT2D eigenvalue weighted by Gasteiger charge is 2.19. The molecule has 0 aliphatic carbocycles. The lowest BCUT2D eigenvalue weighted by Gasteiger charge is -2.36. The van der Waals surface area contributed by atoms with Crippen molar-refractivity contribution >= 4 is 23.1 Å². The van der Waals surface area contributed by atoms with Crippen LogP contribution >= 0.6 is 0 Å². The molecule has 0 spiro atoms. The number of piperazine rings is 1. The zero-order valence-corrected chi connectivity index (χ0v) is 16.2. The number of aryl methyl sites for hydroxylation is 1. The van der Waals surface area contributed by atoms with Crippen LogP contribution in [0.15, 0.2) is 54.7 Å². The van der Waals surface area contributed by atoms with E-state index in [0.717, 1.165) is 60.9 Å². The van der Waals surface area contributed by atoms with Crippen LogP contribution in [0.2, 0.25) is 0 Å². The van der Waals surface area contributed by atoms with Gasteiger partial charge in [-0.25, -0.2) is 15.0 Å². The fourth-order valence-corrected chi connectivity index (χ4v) is 3.33. The monoisotopic (exact) mass is 376 g/mol. The summed E-state index contributed by atoms with van der Waals surface area (Å²) in [7, 11) is 1.66. The second-order valence-corrected chi connectivity index (χ2v) is 6.68. The Bertz CT molecular complexity index is 925. The van der Waals surface area contributed by atoms with E-state index < -0.39 is 0 Å². The van der Waals surface area contributed by atoms with Gasteiger partial charge in [0.1, 0.15) is 29.0 Å². The zero-order chi connectivity index (χ0) is 19.3. The Morgan fingerprint density at radius 1 is 0.893 bits per heavy atom. The maximum Gasteiger partial charge on any atom is 0.136 e. The van der Waals surface area contributed by atoms with Gasteiger partial charge < -0.3 is 19.9 Å². The molecule has 28 heavy (non-hydrogen) atoms. The van der Waals surface area contributed by atoms with Crippen molar-refractivity contribution in [1.29, 1.82) is 0 Å². The Morgan fingerprint density at radius 3 is 2.39 bits per heavy atom. The topological polar surface area (TPSA) is 66.4 Å². The van der Waals surface area contributed by atoms with Crippen LogP contribution in [0.1, 0.15) is 5.82 Å². The molecule has 7 heteroatoms. The van der Waals surface area contributed by atoms with E-state index in [9.17, 15) is 0 Å². The van der Waals surface area contributed by atoms with Crippen molar-refractivity contribution in [1.82, 2.24) is 15.0 Å². The van der Waals surface area contributed by atoms with E-state index in [-0.39, 0.29) is 0 Å². The third kappa shape index (κ3) is 4.14. The Balaban J connectivity index is 1.47. The number of nitrogens with zero attached hydrogens (tertiary/aromatic N) is 5. The van der Waals surface area contributed by atoms with Gasteiger partial charge in [0.15, 0.2) is 0 Å². The minimum atomic E-state index is 0.745. The number of hydrogen-bond donors (Lipinski definition) is 1. The molecule has 1 saturated heterocycles. The normalized spacial score (nSPS) is 14.1. The van der Waals surface area contributed by atoms with Gasteiger partial charge in [0.25, 0.3) is 0 Å². The van der Waals surface area contributed by atoms with Crippen molar-refractivity contribution < 1.29 is 4.74 Å². The molecule has 0 amide bonds. The third-order valence-corrected chi connectivity index (χ3v) is 4.74. The zero-order valence-electron chi connectivity index (χ0n) is 16.2. The molecule has 4 rings (SSSR count). The molecule has 0 radical (unpaired) electrons. The summed E-state index contributed by atoms with van der Waals surface area (Å²) in [6.07, 6.45) is 1.84. The standard InChI is InChI=1S/C21H24N6O/c1-16-23-19(25-17-6-5-7-18(14-17)28-2)15-21(24-16)27-12-10-26(11-13-27)20-8-3-4-9-22-20/h3-9,14-15H,10-13H2,1-2H3,(H,23,24,25). The lowest BCUT2D eigenvalue weighted by molar-refractivity contribution is 0.415. The molecule has 7 nitrogen and oxygen atoms in total. The molecule has 0 bridgehead atoms. The number of anilines is 4. The largest absolute Gasteiger partial charge is 0.497 e. The van der Waals surface area contributed by atoms with E-state index in [4.69, 9.17) is 4.74 Å². The van der Waals surface area contributed by atoms with E-state index in [1.54, 1.807) is 7.11 Å². The first-order valence-electron chi connectivity index (χ1n) is 9.39. The highest BCUT2D eigenvalue weighted by molar-refractivity contribution is 5.61. The lowest BCUT2D eigenvalue weighted by Crippen LogP contribution is -2.47. The Morgan fingerprint density at radius 2 is 1.68 bits per heavy atom. The number of nitrogens with one attached hydrogen (secondary N) is 1. The Labute approximate surface area is 165 Å². The third-order valence-electron chi connectivity index (χ3n) is 4.74. The van der Waals surface area contributed by atoms with Gasteiger partial charge in [0.05, 0.1) is 7.11 Å². The van der Waals surface area contributed by atoms with Gasteiger partial charge in [-0.15, -0.1) is 0 Å². The second kappa shape index (κ2) is 8.12. The number of ether oxygens (including phenoxy) is 1. The fourth-order valence-electron chi connectivity index (χ4n) is 3.33. The smallest absolute Gasteiger partial charge is 0.136 e. The molecule has 0 saturated carbocycles. The van der Waals surface area contributed by atoms with Crippen molar-refractivity contribution in [3.8, 4) is 5.75 Å². The van der Waals surface area contributed by atoms with Crippen molar-refractivity contribution in [3.63, 3.8) is 0 Å². The average molecular weight is 376 g/mol. The molecule has 1 fully saturated rings. The first kappa shape index (κ1) is 18.0. The van der Waals surface area contributed by atoms with E-state index >= 15 is 0 Å². The molecule has 0 atom stereocenters. The number of benzene rings is 1. The molecule has 3 aromatic rings. The van der Waals surface area contributed by atoms with Gasteiger partial charge in [-0.2, -0.15) is 0 Å². The SMILES string of the molecule is COc1cccc(Nc2cc(N3CCN(c4ccccn4)CC3)nc(C)n2)c1. The number of aromatic nitrogens is 3. The molecule has 1 aliphatic heterocycles. The van der Waals surface area contributed by atoms with Crippen LogP contribution in [0.3, 0.4) is 0 Å². The summed E-state index contributed by atoms with van der Waals surface area (Å²) in [5.74, 6) is 4.31. The molecule has 0 unspecified atom stereocenters. The van der Waals surface area contributed by atoms with Crippen molar-refractivity contribution in [3.05, 3.63) is 60.6 Å². The minimum Gasteiger partial charge on any atom is -0.497 e. The van der Waals surface area contributed by atoms with Gasteiger partial charge in [-0.05, 0) is 31.2 Å². The van der Waals surface area contributed by atoms with Gasteiger partial charge >= 0.3 is 0 Å². The maximum atomic E-state index is 5.29. The van der Waals surface area contributed by atoms with Gasteiger partial charge in [-0.3, -0.25) is 0 Å². The fraction of sp³-hybridized carbons (Fsp3) is 0.286. The van der Waals surface area contributed by atoms with Gasteiger partial charge in [0.2, 0.25) is 0 Å². The van der Waals surface area contributed by atoms with Gasteiger partial charge in [0, 0.05) is 50.2 Å². The second-order valence-electron chi connectivity index (χ2n) is 6.68. The van der Waals surface area contributed by atoms with Crippen LogP contribution in [0.25, 0.3) is 0 Å². The number of methoxy groups -OCH3 is 1. The van der Waals surface area contributed by atoms with Crippen LogP contribution in [-0.4, -0.2) is 48.2 Å². The van der Waals surface area contributed by atoms with E-state index in [0.29, 0.717) is 0 Å². The molecule has 1 N–H and O–H groups in total. The molecular formula is C21H24N6O. The average Bonchev–Trinajstić information content (AvgIpc) is 2.74. The predicted molar refractivity (Wildman–Crippen MR) is 112 cm³/mol. The maximum absolute atomic E-state index is 5.29. The van der Waals surface area contributed by atoms with Crippen LogP contribution in [0.4, 0.5) is 23.1 Å². The van der Waals surface area contributed by atoms with Crippen molar-refractivity contribution in [2.75, 3.05) is 48.4 Å². The van der Waals surface area contributed by atoms with Gasteiger partial charge in [-0.1, -0.05) is 12.1 Å². The highest BCUT2D eigenvalue weighted by Crippen LogP contribution is 2.24. The molecule has 1 aromatic carbocycles. The lowest BCUT2D eigenvalue weighted by atomic mass is 10.3. The summed E-state index contributed by atoms with van der Waals surface area (Å²) in [5, 5.41) is 3.36. The van der Waals surface area contributed by atoms with E-state index in [2.05, 4.69) is 36.1 Å². The molecular weight excluding hydrogens is 352 g/mol. The molecule has 3 heterocycles. The number of pyridine rings is 1. The first-order chi connectivity index (χ1) is 13.7. The van der Waals surface area contributed by atoms with E-state index in [1.165, 1.54) is 0 Å². The first-order valence-corrected chi connectivity index (χ1v) is 9.39. The number of rotatable bonds is 5. The van der Waals surface area contributed by atoms with Crippen LogP contribution < -0.4 is 19.9 Å². The predicted octanol–water partition coefficient (Wildman–Crippen LogP) is 3.26. The van der Waals surface area contributed by atoms with E-state index in [1.807, 2.05) is 55.6 Å². The Hall–Kier alpha value is -3.35. The summed E-state index contributed by atoms with van der Waals surface area (Å²) in [4.78, 5) is 18.2. The minimum absolute atomic E-state index is 0.745.